The maximum atomic E-state index is 13.3. The van der Waals surface area contributed by atoms with E-state index < -0.39 is 11.7 Å². The van der Waals surface area contributed by atoms with Crippen LogP contribution in [-0.2, 0) is 12.7 Å². The predicted octanol–water partition coefficient (Wildman–Crippen LogP) is 4.19. The Balaban J connectivity index is 2.25. The van der Waals surface area contributed by atoms with E-state index >= 15 is 0 Å². The molecule has 1 aromatic rings. The molecule has 0 saturated heterocycles. The van der Waals surface area contributed by atoms with Crippen molar-refractivity contribution < 1.29 is 13.2 Å². The Bertz CT molecular complexity index is 481. The first kappa shape index (κ1) is 16.1. The first-order valence-corrected chi connectivity index (χ1v) is 7.49. The zero-order valence-corrected chi connectivity index (χ0v) is 12.8. The molecule has 0 amide bonds. The Morgan fingerprint density at radius 3 is 2.52 bits per heavy atom. The van der Waals surface area contributed by atoms with Gasteiger partial charge < -0.3 is 10.2 Å². The molecule has 1 fully saturated rings. The Hall–Kier alpha value is -1.23. The molecule has 5 heteroatoms. The molecule has 1 aliphatic carbocycles. The molecule has 2 rings (SSSR count). The van der Waals surface area contributed by atoms with E-state index in [1.165, 1.54) is 6.07 Å². The number of hydrogen-bond donors (Lipinski definition) is 1. The van der Waals surface area contributed by atoms with Crippen LogP contribution in [0.5, 0.6) is 0 Å². The van der Waals surface area contributed by atoms with Crippen molar-refractivity contribution in [1.29, 1.82) is 0 Å². The summed E-state index contributed by atoms with van der Waals surface area (Å²) < 4.78 is 39.8. The fraction of sp³-hybridized carbons (Fsp3) is 0.625. The van der Waals surface area contributed by atoms with E-state index in [4.69, 9.17) is 0 Å². The van der Waals surface area contributed by atoms with Crippen LogP contribution in [0.3, 0.4) is 0 Å². The van der Waals surface area contributed by atoms with Crippen molar-refractivity contribution in [3.8, 4) is 0 Å². The third-order valence-electron chi connectivity index (χ3n) is 4.22. The van der Waals surface area contributed by atoms with Crippen LogP contribution in [-0.4, -0.2) is 19.1 Å². The third kappa shape index (κ3) is 4.13. The summed E-state index contributed by atoms with van der Waals surface area (Å²) in [6.45, 7) is 4.32. The molecule has 0 aromatic heterocycles. The van der Waals surface area contributed by atoms with Gasteiger partial charge in [0.15, 0.2) is 0 Å². The van der Waals surface area contributed by atoms with Gasteiger partial charge in [-0.1, -0.05) is 13.0 Å². The minimum atomic E-state index is -4.31. The molecule has 1 unspecified atom stereocenters. The number of benzene rings is 1. The van der Waals surface area contributed by atoms with Crippen LogP contribution in [0.25, 0.3) is 0 Å². The molecule has 2 nitrogen and oxygen atoms in total. The van der Waals surface area contributed by atoms with Crippen LogP contribution >= 0.6 is 0 Å². The summed E-state index contributed by atoms with van der Waals surface area (Å²) in [6, 6.07) is 5.27. The van der Waals surface area contributed by atoms with Crippen molar-refractivity contribution >= 4 is 5.69 Å². The van der Waals surface area contributed by atoms with Gasteiger partial charge >= 0.3 is 6.18 Å². The summed E-state index contributed by atoms with van der Waals surface area (Å²) in [6.07, 6.45) is -1.29. The van der Waals surface area contributed by atoms with E-state index in [1.54, 1.807) is 12.1 Å². The molecule has 0 aliphatic heterocycles. The number of nitrogens with zero attached hydrogens (tertiary/aromatic N) is 1. The van der Waals surface area contributed by atoms with Crippen LogP contribution in [0.4, 0.5) is 18.9 Å². The van der Waals surface area contributed by atoms with E-state index in [-0.39, 0.29) is 12.6 Å². The minimum Gasteiger partial charge on any atom is -0.372 e. The third-order valence-corrected chi connectivity index (χ3v) is 4.22. The van der Waals surface area contributed by atoms with Gasteiger partial charge in [0.05, 0.1) is 5.56 Å². The SMILES string of the molecule is CCC(C)N(C)c1ccc(CNC2CC2)c(C(F)(F)F)c1. The number of nitrogens with one attached hydrogen (secondary N) is 1. The second kappa shape index (κ2) is 6.26. The van der Waals surface area contributed by atoms with Gasteiger partial charge in [0, 0.05) is 31.4 Å². The minimum absolute atomic E-state index is 0.210. The Kier molecular flexibility index (Phi) is 4.81. The topological polar surface area (TPSA) is 15.3 Å². The van der Waals surface area contributed by atoms with Gasteiger partial charge in [-0.15, -0.1) is 0 Å². The Labute approximate surface area is 124 Å². The van der Waals surface area contributed by atoms with Crippen molar-refractivity contribution in [2.75, 3.05) is 11.9 Å². The fourth-order valence-electron chi connectivity index (χ4n) is 2.27. The van der Waals surface area contributed by atoms with E-state index in [0.717, 1.165) is 19.3 Å². The summed E-state index contributed by atoms with van der Waals surface area (Å²) in [5.74, 6) is 0. The van der Waals surface area contributed by atoms with Gasteiger partial charge in [0.1, 0.15) is 0 Å². The summed E-state index contributed by atoms with van der Waals surface area (Å²) in [5.41, 5.74) is 0.422. The second-order valence-electron chi connectivity index (χ2n) is 5.86. The number of rotatable bonds is 6. The maximum Gasteiger partial charge on any atom is 0.416 e. The molecule has 1 atom stereocenters. The van der Waals surface area contributed by atoms with E-state index in [9.17, 15) is 13.2 Å². The van der Waals surface area contributed by atoms with E-state index in [2.05, 4.69) is 5.32 Å². The van der Waals surface area contributed by atoms with Crippen molar-refractivity contribution in [1.82, 2.24) is 5.32 Å². The van der Waals surface area contributed by atoms with Crippen LogP contribution in [0.15, 0.2) is 18.2 Å². The predicted molar refractivity (Wildman–Crippen MR) is 79.5 cm³/mol. The van der Waals surface area contributed by atoms with Gasteiger partial charge in [-0.2, -0.15) is 13.2 Å². The molecule has 21 heavy (non-hydrogen) atoms. The number of halogens is 3. The summed E-state index contributed by atoms with van der Waals surface area (Å²) in [4.78, 5) is 1.90. The van der Waals surface area contributed by atoms with E-state index in [0.29, 0.717) is 17.3 Å². The van der Waals surface area contributed by atoms with Crippen LogP contribution < -0.4 is 10.2 Å². The Morgan fingerprint density at radius 2 is 2.00 bits per heavy atom. The van der Waals surface area contributed by atoms with Gasteiger partial charge in [-0.05, 0) is 43.9 Å². The largest absolute Gasteiger partial charge is 0.416 e. The first-order chi connectivity index (χ1) is 9.82. The fourth-order valence-corrected chi connectivity index (χ4v) is 2.27. The molecule has 1 aliphatic rings. The summed E-state index contributed by atoms with van der Waals surface area (Å²) in [7, 11) is 1.84. The first-order valence-electron chi connectivity index (χ1n) is 7.49. The highest BCUT2D eigenvalue weighted by molar-refractivity contribution is 5.52. The van der Waals surface area contributed by atoms with Crippen molar-refractivity contribution in [3.63, 3.8) is 0 Å². The average Bonchev–Trinajstić information content (AvgIpc) is 3.26. The molecule has 0 radical (unpaired) electrons. The van der Waals surface area contributed by atoms with Crippen LogP contribution in [0.1, 0.15) is 44.2 Å². The maximum absolute atomic E-state index is 13.3. The number of alkyl halides is 3. The molecule has 0 heterocycles. The lowest BCUT2D eigenvalue weighted by atomic mass is 10.0. The molecule has 118 valence electrons. The molecule has 1 aromatic carbocycles. The van der Waals surface area contributed by atoms with Crippen molar-refractivity contribution in [2.24, 2.45) is 0 Å². The highest BCUT2D eigenvalue weighted by Gasteiger charge is 2.34. The number of hydrogen-bond acceptors (Lipinski definition) is 2. The monoisotopic (exact) mass is 300 g/mol. The lowest BCUT2D eigenvalue weighted by Gasteiger charge is -2.27. The molecule has 1 N–H and O–H groups in total. The summed E-state index contributed by atoms with van der Waals surface area (Å²) in [5, 5.41) is 3.15. The highest BCUT2D eigenvalue weighted by Crippen LogP contribution is 2.35. The quantitative estimate of drug-likeness (QED) is 0.847. The highest BCUT2D eigenvalue weighted by atomic mass is 19.4. The van der Waals surface area contributed by atoms with Gasteiger partial charge in [-0.3, -0.25) is 0 Å². The van der Waals surface area contributed by atoms with Gasteiger partial charge in [0.2, 0.25) is 0 Å². The molecule has 1 saturated carbocycles. The second-order valence-corrected chi connectivity index (χ2v) is 5.86. The zero-order chi connectivity index (χ0) is 15.6. The average molecular weight is 300 g/mol. The number of anilines is 1. The zero-order valence-electron chi connectivity index (χ0n) is 12.8. The lowest BCUT2D eigenvalue weighted by molar-refractivity contribution is -0.138. The van der Waals surface area contributed by atoms with Crippen molar-refractivity contribution in [2.45, 2.75) is 57.9 Å². The van der Waals surface area contributed by atoms with Crippen LogP contribution in [0, 0.1) is 0 Å². The van der Waals surface area contributed by atoms with Gasteiger partial charge in [0.25, 0.3) is 0 Å². The summed E-state index contributed by atoms with van der Waals surface area (Å²) >= 11 is 0. The molecular weight excluding hydrogens is 277 g/mol. The normalized spacial score (nSPS) is 16.9. The standard InChI is InChI=1S/C16H23F3N2/c1-4-11(2)21(3)14-8-5-12(10-20-13-6-7-13)15(9-14)16(17,18)19/h5,8-9,11,13,20H,4,6-7,10H2,1-3H3. The Morgan fingerprint density at radius 1 is 1.33 bits per heavy atom. The van der Waals surface area contributed by atoms with Crippen LogP contribution in [0.2, 0.25) is 0 Å². The lowest BCUT2D eigenvalue weighted by Crippen LogP contribution is -2.28. The molecule has 0 bridgehead atoms. The molecule has 0 spiro atoms. The van der Waals surface area contributed by atoms with Gasteiger partial charge in [-0.25, -0.2) is 0 Å². The van der Waals surface area contributed by atoms with E-state index in [1.807, 2.05) is 25.8 Å². The smallest absolute Gasteiger partial charge is 0.372 e. The molecular formula is C16H23F3N2. The van der Waals surface area contributed by atoms with Crippen molar-refractivity contribution in [3.05, 3.63) is 29.3 Å².